The number of H-pyrrole nitrogens is 1. The van der Waals surface area contributed by atoms with Gasteiger partial charge in [-0.05, 0) is 22.8 Å². The summed E-state index contributed by atoms with van der Waals surface area (Å²) in [7, 11) is 0. The van der Waals surface area contributed by atoms with Crippen molar-refractivity contribution in [3.8, 4) is 22.4 Å². The standard InChI is InChI=1S/C21H18N2/c1-3-8-17(9-4-1)15-23-16-21(22-23)20-13-7-12-19(14-20)18-10-5-2-6-11-18/h1-14,16,22H,15H2. The highest BCUT2D eigenvalue weighted by molar-refractivity contribution is 5.71. The van der Waals surface area contributed by atoms with Crippen LogP contribution >= 0.6 is 0 Å². The number of aromatic amines is 1. The predicted octanol–water partition coefficient (Wildman–Crippen LogP) is 5.20. The zero-order valence-corrected chi connectivity index (χ0v) is 12.8. The van der Waals surface area contributed by atoms with Crippen LogP contribution in [-0.2, 0) is 6.54 Å². The van der Waals surface area contributed by atoms with Crippen molar-refractivity contribution >= 4 is 0 Å². The van der Waals surface area contributed by atoms with Crippen molar-refractivity contribution in [3.05, 3.63) is 96.7 Å². The van der Waals surface area contributed by atoms with Crippen LogP contribution in [0.3, 0.4) is 0 Å². The molecule has 1 heterocycles. The largest absolute Gasteiger partial charge is 0.296 e. The second kappa shape index (κ2) is 6.01. The number of aromatic nitrogens is 2. The maximum Gasteiger partial charge on any atom is 0.0792 e. The van der Waals surface area contributed by atoms with Crippen LogP contribution in [0.25, 0.3) is 22.4 Å². The van der Waals surface area contributed by atoms with Gasteiger partial charge in [0.25, 0.3) is 0 Å². The molecular formula is C21H18N2. The van der Waals surface area contributed by atoms with E-state index < -0.39 is 0 Å². The molecule has 0 bridgehead atoms. The van der Waals surface area contributed by atoms with Gasteiger partial charge in [0.05, 0.1) is 12.2 Å². The van der Waals surface area contributed by atoms with Gasteiger partial charge in [0, 0.05) is 11.8 Å². The Kier molecular flexibility index (Phi) is 3.57. The van der Waals surface area contributed by atoms with Gasteiger partial charge >= 0.3 is 0 Å². The van der Waals surface area contributed by atoms with Crippen LogP contribution in [0.4, 0.5) is 0 Å². The van der Waals surface area contributed by atoms with Crippen molar-refractivity contribution in [3.63, 3.8) is 0 Å². The molecule has 23 heavy (non-hydrogen) atoms. The average Bonchev–Trinajstić information content (AvgIpc) is 2.59. The fourth-order valence-electron chi connectivity index (χ4n) is 2.81. The molecular weight excluding hydrogens is 280 g/mol. The maximum absolute atomic E-state index is 3.42. The Bertz CT molecular complexity index is 874. The van der Waals surface area contributed by atoms with E-state index >= 15 is 0 Å². The van der Waals surface area contributed by atoms with E-state index in [-0.39, 0.29) is 0 Å². The third kappa shape index (κ3) is 2.97. The zero-order chi connectivity index (χ0) is 15.5. The van der Waals surface area contributed by atoms with Crippen LogP contribution in [0.15, 0.2) is 91.1 Å². The minimum Gasteiger partial charge on any atom is -0.296 e. The molecule has 2 nitrogen and oxygen atoms in total. The van der Waals surface area contributed by atoms with E-state index in [0.29, 0.717) is 0 Å². The van der Waals surface area contributed by atoms with E-state index in [1.54, 1.807) is 0 Å². The first-order valence-electron chi connectivity index (χ1n) is 7.83. The highest BCUT2D eigenvalue weighted by Crippen LogP contribution is 2.26. The van der Waals surface area contributed by atoms with E-state index in [1.165, 1.54) is 27.9 Å². The maximum atomic E-state index is 3.42. The highest BCUT2D eigenvalue weighted by atomic mass is 15.3. The molecule has 2 heteroatoms. The van der Waals surface area contributed by atoms with E-state index in [0.717, 1.165) is 6.54 Å². The minimum atomic E-state index is 0.878. The highest BCUT2D eigenvalue weighted by Gasteiger charge is 2.06. The lowest BCUT2D eigenvalue weighted by Crippen LogP contribution is -2.11. The van der Waals surface area contributed by atoms with Gasteiger partial charge in [0.1, 0.15) is 0 Å². The molecule has 0 saturated heterocycles. The predicted molar refractivity (Wildman–Crippen MR) is 95.2 cm³/mol. The number of hydrogen-bond donors (Lipinski definition) is 1. The Morgan fingerprint density at radius 1 is 0.652 bits per heavy atom. The first-order chi connectivity index (χ1) is 11.4. The van der Waals surface area contributed by atoms with E-state index in [1.807, 2.05) is 12.1 Å². The van der Waals surface area contributed by atoms with Gasteiger partial charge in [-0.25, -0.2) is 0 Å². The minimum absolute atomic E-state index is 0.878. The van der Waals surface area contributed by atoms with Crippen LogP contribution in [0.5, 0.6) is 0 Å². The van der Waals surface area contributed by atoms with Crippen molar-refractivity contribution in [2.75, 3.05) is 0 Å². The van der Waals surface area contributed by atoms with Crippen molar-refractivity contribution in [2.45, 2.75) is 6.54 Å². The first kappa shape index (κ1) is 13.6. The summed E-state index contributed by atoms with van der Waals surface area (Å²) >= 11 is 0. The Morgan fingerprint density at radius 3 is 2.00 bits per heavy atom. The Labute approximate surface area is 136 Å². The first-order valence-corrected chi connectivity index (χ1v) is 7.83. The molecule has 1 aromatic heterocycles. The number of nitrogens with zero attached hydrogens (tertiary/aromatic N) is 1. The van der Waals surface area contributed by atoms with Crippen LogP contribution < -0.4 is 0 Å². The molecule has 1 N–H and O–H groups in total. The lowest BCUT2D eigenvalue weighted by molar-refractivity contribution is 0.632. The summed E-state index contributed by atoms with van der Waals surface area (Å²) in [5, 5.41) is 3.42. The fraction of sp³-hybridized carbons (Fsp3) is 0.0476. The Hall–Kier alpha value is -3.00. The lowest BCUT2D eigenvalue weighted by atomic mass is 10.0. The Balaban J connectivity index is 1.55. The zero-order valence-electron chi connectivity index (χ0n) is 12.8. The molecule has 0 aliphatic carbocycles. The molecule has 3 aromatic carbocycles. The lowest BCUT2D eigenvalue weighted by Gasteiger charge is -2.16. The van der Waals surface area contributed by atoms with Gasteiger partial charge in [0.15, 0.2) is 0 Å². The molecule has 0 unspecified atom stereocenters. The molecule has 0 amide bonds. The van der Waals surface area contributed by atoms with Crippen LogP contribution in [0.2, 0.25) is 0 Å². The SMILES string of the molecule is c1ccc(Cn2cc(-c3cccc(-c4ccccc4)c3)[nH]2)cc1. The number of rotatable bonds is 4. The fourth-order valence-corrected chi connectivity index (χ4v) is 2.81. The molecule has 0 spiro atoms. The van der Waals surface area contributed by atoms with Crippen LogP contribution in [-0.4, -0.2) is 9.78 Å². The summed E-state index contributed by atoms with van der Waals surface area (Å²) in [6, 6.07) is 29.6. The van der Waals surface area contributed by atoms with Gasteiger partial charge in [-0.1, -0.05) is 78.9 Å². The monoisotopic (exact) mass is 298 g/mol. The summed E-state index contributed by atoms with van der Waals surface area (Å²) in [5.41, 5.74) is 6.17. The number of benzene rings is 3. The molecule has 112 valence electrons. The molecule has 0 radical (unpaired) electrons. The molecule has 4 rings (SSSR count). The van der Waals surface area contributed by atoms with Crippen LogP contribution in [0, 0.1) is 0 Å². The van der Waals surface area contributed by atoms with Gasteiger partial charge in [-0.15, -0.1) is 0 Å². The summed E-state index contributed by atoms with van der Waals surface area (Å²) in [4.78, 5) is 0. The third-order valence-electron chi connectivity index (χ3n) is 4.03. The summed E-state index contributed by atoms with van der Waals surface area (Å²) in [6.45, 7) is 0.878. The summed E-state index contributed by atoms with van der Waals surface area (Å²) < 4.78 is 2.11. The average molecular weight is 298 g/mol. The van der Waals surface area contributed by atoms with E-state index in [4.69, 9.17) is 0 Å². The number of hydrogen-bond acceptors (Lipinski definition) is 0. The van der Waals surface area contributed by atoms with Gasteiger partial charge in [-0.2, -0.15) is 0 Å². The topological polar surface area (TPSA) is 20.7 Å². The van der Waals surface area contributed by atoms with E-state index in [9.17, 15) is 0 Å². The summed E-state index contributed by atoms with van der Waals surface area (Å²) in [6.07, 6.45) is 2.16. The quantitative estimate of drug-likeness (QED) is 0.534. The molecule has 0 saturated carbocycles. The van der Waals surface area contributed by atoms with Gasteiger partial charge in [-0.3, -0.25) is 9.78 Å². The van der Waals surface area contributed by atoms with Crippen molar-refractivity contribution in [1.29, 1.82) is 0 Å². The van der Waals surface area contributed by atoms with Crippen molar-refractivity contribution in [1.82, 2.24) is 9.78 Å². The molecule has 0 aliphatic heterocycles. The molecule has 0 aliphatic rings. The van der Waals surface area contributed by atoms with Gasteiger partial charge in [0.2, 0.25) is 0 Å². The second-order valence-corrected chi connectivity index (χ2v) is 5.71. The van der Waals surface area contributed by atoms with Gasteiger partial charge < -0.3 is 0 Å². The molecule has 0 fully saturated rings. The molecule has 0 atom stereocenters. The van der Waals surface area contributed by atoms with Crippen molar-refractivity contribution in [2.24, 2.45) is 0 Å². The molecule has 4 aromatic rings. The van der Waals surface area contributed by atoms with Crippen molar-refractivity contribution < 1.29 is 0 Å². The second-order valence-electron chi connectivity index (χ2n) is 5.71. The summed E-state index contributed by atoms with van der Waals surface area (Å²) in [5.74, 6) is 0. The number of nitrogens with one attached hydrogen (secondary N) is 1. The Morgan fingerprint density at radius 2 is 1.26 bits per heavy atom. The van der Waals surface area contributed by atoms with E-state index in [2.05, 4.69) is 88.8 Å². The third-order valence-corrected chi connectivity index (χ3v) is 4.03. The van der Waals surface area contributed by atoms with Crippen LogP contribution in [0.1, 0.15) is 5.56 Å². The normalized spacial score (nSPS) is 10.8. The smallest absolute Gasteiger partial charge is 0.0792 e.